The highest BCUT2D eigenvalue weighted by atomic mass is 16.4. The Bertz CT molecular complexity index is 2120. The number of aromatic nitrogens is 2. The van der Waals surface area contributed by atoms with Gasteiger partial charge in [0.15, 0.2) is 5.78 Å². The van der Waals surface area contributed by atoms with Gasteiger partial charge in [0.2, 0.25) is 0 Å². The van der Waals surface area contributed by atoms with Gasteiger partial charge in [-0.05, 0) is 145 Å². The van der Waals surface area contributed by atoms with E-state index >= 15 is 0 Å². The van der Waals surface area contributed by atoms with Crippen LogP contribution in [0.5, 0.6) is 0 Å². The van der Waals surface area contributed by atoms with Crippen LogP contribution in [0.3, 0.4) is 0 Å². The molecule has 10 heteroatoms. The fraction of sp³-hybridized carbons (Fsp3) is 0.444. The van der Waals surface area contributed by atoms with Gasteiger partial charge >= 0.3 is 5.97 Å². The summed E-state index contributed by atoms with van der Waals surface area (Å²) in [6.45, 7) is 7.62. The third kappa shape index (κ3) is 8.27. The van der Waals surface area contributed by atoms with Crippen molar-refractivity contribution in [3.05, 3.63) is 111 Å². The average molecular weight is 742 g/mol. The minimum absolute atomic E-state index is 0.0464. The molecule has 8 rings (SSSR count). The number of carbonyl (C=O) groups is 3. The molecule has 1 amide bonds. The van der Waals surface area contributed by atoms with Crippen LogP contribution in [0.2, 0.25) is 0 Å². The summed E-state index contributed by atoms with van der Waals surface area (Å²) in [5, 5.41) is 22.9. The Labute approximate surface area is 323 Å². The summed E-state index contributed by atoms with van der Waals surface area (Å²) in [5.74, 6) is -0.214. The lowest BCUT2D eigenvalue weighted by atomic mass is 9.90. The van der Waals surface area contributed by atoms with E-state index in [1.54, 1.807) is 6.20 Å². The minimum atomic E-state index is -0.770. The fourth-order valence-corrected chi connectivity index (χ4v) is 8.64. The van der Waals surface area contributed by atoms with E-state index in [-0.39, 0.29) is 24.2 Å². The van der Waals surface area contributed by atoms with E-state index in [4.69, 9.17) is 0 Å². The number of pyridine rings is 2. The van der Waals surface area contributed by atoms with Crippen LogP contribution in [0.4, 0.5) is 5.69 Å². The number of aliphatic hydroxyl groups is 1. The highest BCUT2D eigenvalue weighted by Crippen LogP contribution is 2.43. The van der Waals surface area contributed by atoms with Crippen molar-refractivity contribution in [2.24, 2.45) is 0 Å². The molecule has 55 heavy (non-hydrogen) atoms. The van der Waals surface area contributed by atoms with E-state index < -0.39 is 12.0 Å². The molecular formula is C45H51N5O5. The average Bonchev–Trinajstić information content (AvgIpc) is 4.12. The number of benzene rings is 2. The van der Waals surface area contributed by atoms with Crippen LogP contribution < -0.4 is 5.32 Å². The van der Waals surface area contributed by atoms with Gasteiger partial charge in [0.1, 0.15) is 17.4 Å². The number of aliphatic carboxylic acids is 1. The monoisotopic (exact) mass is 741 g/mol. The molecule has 2 saturated heterocycles. The van der Waals surface area contributed by atoms with E-state index in [1.165, 1.54) is 5.56 Å². The van der Waals surface area contributed by atoms with Crippen LogP contribution in [0.15, 0.2) is 60.9 Å². The summed E-state index contributed by atoms with van der Waals surface area (Å²) in [5.41, 5.74) is 10.9. The predicted octanol–water partition coefficient (Wildman–Crippen LogP) is 7.20. The number of piperidine rings is 1. The van der Waals surface area contributed by atoms with Gasteiger partial charge in [0.25, 0.3) is 5.91 Å². The van der Waals surface area contributed by atoms with E-state index in [1.807, 2.05) is 62.5 Å². The zero-order valence-electron chi connectivity index (χ0n) is 31.9. The van der Waals surface area contributed by atoms with Gasteiger partial charge in [-0.2, -0.15) is 0 Å². The van der Waals surface area contributed by atoms with Crippen LogP contribution in [0, 0.1) is 13.8 Å². The maximum absolute atomic E-state index is 13.8. The number of nitrogens with zero attached hydrogens (tertiary/aromatic N) is 4. The molecule has 10 nitrogen and oxygen atoms in total. The number of carboxylic acids is 1. The number of ketones is 1. The number of carbonyl (C=O) groups excluding carboxylic acids is 2. The lowest BCUT2D eigenvalue weighted by molar-refractivity contribution is -0.144. The Balaban J connectivity index is 0.978. The van der Waals surface area contributed by atoms with Gasteiger partial charge in [-0.1, -0.05) is 36.8 Å². The number of Topliss-reactive ketones (excluding diaryl/α,β-unsaturated/α-hetero) is 1. The fourth-order valence-electron chi connectivity index (χ4n) is 8.64. The molecule has 4 aliphatic rings. The maximum Gasteiger partial charge on any atom is 0.320 e. The number of amides is 1. The van der Waals surface area contributed by atoms with E-state index in [0.717, 1.165) is 109 Å². The second-order valence-corrected chi connectivity index (χ2v) is 16.2. The summed E-state index contributed by atoms with van der Waals surface area (Å²) < 4.78 is 0. The largest absolute Gasteiger partial charge is 0.480 e. The number of β-amino-alcohol motifs (C(OH)–C–C–N with tert-alkyl or cyclic N) is 1. The SMILES string of the molecule is Cc1c(CC(=O)c2cc(C3CC3)c(CN3CCCC[C@H]3C(=O)O)cn2)cccc1-c1cccc(NC(=O)c2cc(C3CC3)c(CN3CC[C@@H](O)C3)cn2)c1C. The number of likely N-dealkylation sites (tertiary alicyclic amines) is 2. The Kier molecular flexibility index (Phi) is 10.7. The number of rotatable bonds is 13. The second kappa shape index (κ2) is 15.8. The molecule has 3 N–H and O–H groups in total. The number of aliphatic hydroxyl groups excluding tert-OH is 1. The standard InChI is InChI=1S/C45H51N5O5/c1-27-31(19-43(52)40-20-37(29-12-13-29)33(23-46-40)25-50-17-4-3-11-42(50)45(54)55)7-5-8-35(27)36-9-6-10-39(28(36)2)48-44(53)41-21-38(30-14-15-30)32(22-47-41)24-49-18-16-34(51)26-49/h5-10,20-23,29-30,34,42,51H,3-4,11-19,24-26H2,1-2H3,(H,48,53)(H,54,55)/t34-,42+/m1/s1. The van der Waals surface area contributed by atoms with Gasteiger partial charge in [0.05, 0.1) is 6.10 Å². The van der Waals surface area contributed by atoms with Gasteiger partial charge in [-0.25, -0.2) is 0 Å². The molecule has 2 aromatic heterocycles. The summed E-state index contributed by atoms with van der Waals surface area (Å²) in [6, 6.07) is 15.4. The molecule has 0 spiro atoms. The first kappa shape index (κ1) is 37.2. The van der Waals surface area contributed by atoms with Crippen LogP contribution in [-0.4, -0.2) is 79.4 Å². The van der Waals surface area contributed by atoms with Gasteiger partial charge < -0.3 is 15.5 Å². The van der Waals surface area contributed by atoms with Gasteiger partial charge in [0, 0.05) is 50.7 Å². The second-order valence-electron chi connectivity index (χ2n) is 16.2. The molecule has 0 bridgehead atoms. The molecule has 286 valence electrons. The Hall–Kier alpha value is -4.77. The Morgan fingerprint density at radius 2 is 1.42 bits per heavy atom. The first-order valence-corrected chi connectivity index (χ1v) is 20.0. The topological polar surface area (TPSA) is 136 Å². The third-order valence-electron chi connectivity index (χ3n) is 12.2. The molecule has 4 aromatic rings. The lowest BCUT2D eigenvalue weighted by Crippen LogP contribution is -2.44. The Morgan fingerprint density at radius 3 is 2.09 bits per heavy atom. The molecule has 2 aliphatic heterocycles. The summed E-state index contributed by atoms with van der Waals surface area (Å²) in [6.07, 6.45) is 11.3. The van der Waals surface area contributed by atoms with Gasteiger partial charge in [-0.15, -0.1) is 0 Å². The van der Waals surface area contributed by atoms with Crippen molar-refractivity contribution in [1.29, 1.82) is 0 Å². The molecule has 2 aromatic carbocycles. The van der Waals surface area contributed by atoms with Crippen molar-refractivity contribution < 1.29 is 24.6 Å². The summed E-state index contributed by atoms with van der Waals surface area (Å²) >= 11 is 0. The number of anilines is 1. The molecule has 0 radical (unpaired) electrons. The van der Waals surface area contributed by atoms with Crippen LogP contribution >= 0.6 is 0 Å². The smallest absolute Gasteiger partial charge is 0.320 e. The summed E-state index contributed by atoms with van der Waals surface area (Å²) in [7, 11) is 0. The molecular weight excluding hydrogens is 691 g/mol. The molecule has 0 unspecified atom stereocenters. The van der Waals surface area contributed by atoms with Crippen LogP contribution in [-0.2, 0) is 24.3 Å². The van der Waals surface area contributed by atoms with Crippen LogP contribution in [0.25, 0.3) is 11.1 Å². The van der Waals surface area contributed by atoms with E-state index in [9.17, 15) is 24.6 Å². The van der Waals surface area contributed by atoms with Crippen molar-refractivity contribution in [3.8, 4) is 11.1 Å². The zero-order chi connectivity index (χ0) is 38.2. The van der Waals surface area contributed by atoms with Crippen LogP contribution in [0.1, 0.15) is 123 Å². The number of hydrogen-bond donors (Lipinski definition) is 3. The number of nitrogens with one attached hydrogen (secondary N) is 1. The quantitative estimate of drug-likeness (QED) is 0.122. The maximum atomic E-state index is 13.8. The predicted molar refractivity (Wildman–Crippen MR) is 211 cm³/mol. The number of carboxylic acid groups (broad SMARTS) is 1. The van der Waals surface area contributed by atoms with E-state index in [2.05, 4.69) is 31.2 Å². The molecule has 2 aliphatic carbocycles. The van der Waals surface area contributed by atoms with Crippen molar-refractivity contribution >= 4 is 23.3 Å². The lowest BCUT2D eigenvalue weighted by Gasteiger charge is -2.33. The van der Waals surface area contributed by atoms with Crippen molar-refractivity contribution in [2.75, 3.05) is 25.0 Å². The minimum Gasteiger partial charge on any atom is -0.480 e. The molecule has 2 saturated carbocycles. The normalized spacial score (nSPS) is 20.4. The van der Waals surface area contributed by atoms with Crippen molar-refractivity contribution in [3.63, 3.8) is 0 Å². The summed E-state index contributed by atoms with van der Waals surface area (Å²) in [4.78, 5) is 52.9. The van der Waals surface area contributed by atoms with Crippen molar-refractivity contribution in [2.45, 2.75) is 109 Å². The first-order valence-electron chi connectivity index (χ1n) is 20.0. The molecule has 4 fully saturated rings. The van der Waals surface area contributed by atoms with E-state index in [0.29, 0.717) is 48.4 Å². The first-order chi connectivity index (χ1) is 26.6. The highest BCUT2D eigenvalue weighted by molar-refractivity contribution is 6.04. The number of hydrogen-bond acceptors (Lipinski definition) is 8. The van der Waals surface area contributed by atoms with Crippen molar-refractivity contribution in [1.82, 2.24) is 19.8 Å². The highest BCUT2D eigenvalue weighted by Gasteiger charge is 2.33. The zero-order valence-corrected chi connectivity index (χ0v) is 31.9. The Morgan fingerprint density at radius 1 is 0.764 bits per heavy atom. The molecule has 2 atom stereocenters. The van der Waals surface area contributed by atoms with Gasteiger partial charge in [-0.3, -0.25) is 34.2 Å². The third-order valence-corrected chi connectivity index (χ3v) is 12.2. The molecule has 4 heterocycles.